The number of rotatable bonds is 4. The number of hydrogen-bond donors (Lipinski definition) is 1. The highest BCUT2D eigenvalue weighted by Gasteiger charge is 2.09. The minimum atomic E-state index is 0.796. The van der Waals surface area contributed by atoms with Crippen LogP contribution in [0.4, 0.5) is 0 Å². The van der Waals surface area contributed by atoms with Crippen LogP contribution in [0.15, 0.2) is 53.0 Å². The van der Waals surface area contributed by atoms with Gasteiger partial charge in [0.25, 0.3) is 0 Å². The Kier molecular flexibility index (Phi) is 4.41. The van der Waals surface area contributed by atoms with Gasteiger partial charge in [-0.3, -0.25) is 0 Å². The predicted molar refractivity (Wildman–Crippen MR) is 91.5 cm³/mol. The summed E-state index contributed by atoms with van der Waals surface area (Å²) < 4.78 is 2.36. The molecule has 0 bridgehead atoms. The van der Waals surface area contributed by atoms with Gasteiger partial charge in [0.15, 0.2) is 0 Å². The largest absolute Gasteiger partial charge is 0.308 e. The molecular weight excluding hydrogens is 354 g/mol. The summed E-state index contributed by atoms with van der Waals surface area (Å²) >= 11 is 11.7. The summed E-state index contributed by atoms with van der Waals surface area (Å²) in [5, 5.41) is 5.49. The smallest absolute Gasteiger partial charge is 0.0636 e. The Morgan fingerprint density at radius 2 is 1.90 bits per heavy atom. The summed E-state index contributed by atoms with van der Waals surface area (Å²) in [6, 6.07) is 16.6. The van der Waals surface area contributed by atoms with Gasteiger partial charge in [-0.15, -0.1) is 11.3 Å². The van der Waals surface area contributed by atoms with Crippen LogP contribution in [0.25, 0.3) is 10.1 Å². The van der Waals surface area contributed by atoms with Crippen molar-refractivity contribution >= 4 is 49.0 Å². The quantitative estimate of drug-likeness (QED) is 0.633. The van der Waals surface area contributed by atoms with E-state index in [0.29, 0.717) is 0 Å². The van der Waals surface area contributed by atoms with Crippen LogP contribution >= 0.6 is 38.9 Å². The van der Waals surface area contributed by atoms with Gasteiger partial charge >= 0.3 is 0 Å². The average molecular weight is 367 g/mol. The Labute approximate surface area is 135 Å². The third kappa shape index (κ3) is 3.07. The molecule has 0 spiro atoms. The Morgan fingerprint density at radius 3 is 2.70 bits per heavy atom. The van der Waals surface area contributed by atoms with E-state index in [-0.39, 0.29) is 0 Å². The number of halogens is 2. The number of thiophene rings is 1. The fourth-order valence-electron chi connectivity index (χ4n) is 2.15. The molecule has 1 nitrogen and oxygen atoms in total. The lowest BCUT2D eigenvalue weighted by Gasteiger charge is -2.04. The van der Waals surface area contributed by atoms with Crippen molar-refractivity contribution in [3.63, 3.8) is 0 Å². The van der Waals surface area contributed by atoms with E-state index in [9.17, 15) is 0 Å². The minimum Gasteiger partial charge on any atom is -0.308 e. The van der Waals surface area contributed by atoms with Gasteiger partial charge in [-0.05, 0) is 23.8 Å². The number of benzene rings is 2. The monoisotopic (exact) mass is 365 g/mol. The Morgan fingerprint density at radius 1 is 1.05 bits per heavy atom. The second-order valence-corrected chi connectivity index (χ2v) is 7.00. The van der Waals surface area contributed by atoms with Crippen LogP contribution in [0.3, 0.4) is 0 Å². The van der Waals surface area contributed by atoms with Crippen molar-refractivity contribution in [3.8, 4) is 0 Å². The molecule has 0 saturated heterocycles. The standard InChI is InChI=1S/C16H13BrClNS/c17-12-5-3-4-11(8-12)9-19-10-15-16(18)13-6-1-2-7-14(13)20-15/h1-8,19H,9-10H2. The van der Waals surface area contributed by atoms with E-state index in [2.05, 4.69) is 45.5 Å². The topological polar surface area (TPSA) is 12.0 Å². The van der Waals surface area contributed by atoms with Gasteiger partial charge in [0.05, 0.1) is 5.02 Å². The van der Waals surface area contributed by atoms with Crippen molar-refractivity contribution in [3.05, 3.63) is 68.5 Å². The van der Waals surface area contributed by atoms with E-state index in [1.807, 2.05) is 24.3 Å². The fraction of sp³-hybridized carbons (Fsp3) is 0.125. The summed E-state index contributed by atoms with van der Waals surface area (Å²) in [6.45, 7) is 1.63. The Balaban J connectivity index is 1.69. The third-order valence-electron chi connectivity index (χ3n) is 3.11. The minimum absolute atomic E-state index is 0.796. The first-order valence-electron chi connectivity index (χ1n) is 6.35. The van der Waals surface area contributed by atoms with Crippen LogP contribution in [0.2, 0.25) is 5.02 Å². The first-order valence-corrected chi connectivity index (χ1v) is 8.34. The van der Waals surface area contributed by atoms with Crippen LogP contribution in [-0.4, -0.2) is 0 Å². The lowest BCUT2D eigenvalue weighted by molar-refractivity contribution is 0.701. The van der Waals surface area contributed by atoms with E-state index < -0.39 is 0 Å². The van der Waals surface area contributed by atoms with Crippen molar-refractivity contribution < 1.29 is 0 Å². The van der Waals surface area contributed by atoms with Gasteiger partial charge in [0.2, 0.25) is 0 Å². The van der Waals surface area contributed by atoms with Crippen LogP contribution < -0.4 is 5.32 Å². The van der Waals surface area contributed by atoms with E-state index in [4.69, 9.17) is 11.6 Å². The summed E-state index contributed by atoms with van der Waals surface area (Å²) in [6.07, 6.45) is 0. The third-order valence-corrected chi connectivity index (χ3v) is 5.31. The zero-order chi connectivity index (χ0) is 13.9. The second-order valence-electron chi connectivity index (χ2n) is 4.57. The van der Waals surface area contributed by atoms with Crippen molar-refractivity contribution in [2.75, 3.05) is 0 Å². The average Bonchev–Trinajstić information content (AvgIpc) is 2.76. The van der Waals surface area contributed by atoms with Crippen LogP contribution in [0.5, 0.6) is 0 Å². The molecule has 0 fully saturated rings. The van der Waals surface area contributed by atoms with Gasteiger partial charge in [0.1, 0.15) is 0 Å². The molecule has 3 aromatic rings. The molecule has 3 rings (SSSR count). The van der Waals surface area contributed by atoms with Crippen LogP contribution in [-0.2, 0) is 13.1 Å². The Bertz CT molecular complexity index is 738. The van der Waals surface area contributed by atoms with Gasteiger partial charge in [-0.25, -0.2) is 0 Å². The molecule has 1 heterocycles. The molecule has 102 valence electrons. The molecule has 0 aliphatic heterocycles. The maximum Gasteiger partial charge on any atom is 0.0636 e. The lowest BCUT2D eigenvalue weighted by atomic mass is 10.2. The van der Waals surface area contributed by atoms with Gasteiger partial charge < -0.3 is 5.32 Å². The maximum absolute atomic E-state index is 6.43. The highest BCUT2D eigenvalue weighted by Crippen LogP contribution is 2.34. The number of nitrogens with one attached hydrogen (secondary N) is 1. The highest BCUT2D eigenvalue weighted by molar-refractivity contribution is 9.10. The molecular formula is C16H13BrClNS. The van der Waals surface area contributed by atoms with Crippen molar-refractivity contribution in [2.24, 2.45) is 0 Å². The first kappa shape index (κ1) is 14.1. The van der Waals surface area contributed by atoms with Gasteiger partial charge in [0, 0.05) is 32.5 Å². The lowest BCUT2D eigenvalue weighted by Crippen LogP contribution is -2.11. The highest BCUT2D eigenvalue weighted by atomic mass is 79.9. The number of fused-ring (bicyclic) bond motifs is 1. The summed E-state index contributed by atoms with van der Waals surface area (Å²) in [5.41, 5.74) is 1.26. The van der Waals surface area contributed by atoms with Gasteiger partial charge in [-0.1, -0.05) is 57.9 Å². The second kappa shape index (κ2) is 6.27. The van der Waals surface area contributed by atoms with E-state index in [0.717, 1.165) is 28.0 Å². The van der Waals surface area contributed by atoms with E-state index >= 15 is 0 Å². The SMILES string of the molecule is Clc1c(CNCc2cccc(Br)c2)sc2ccccc12. The number of hydrogen-bond acceptors (Lipinski definition) is 2. The molecule has 0 aliphatic carbocycles. The summed E-state index contributed by atoms with van der Waals surface area (Å²) in [5.74, 6) is 0. The van der Waals surface area contributed by atoms with Crippen LogP contribution in [0.1, 0.15) is 10.4 Å². The normalized spacial score (nSPS) is 11.1. The summed E-state index contributed by atoms with van der Waals surface area (Å²) in [7, 11) is 0. The molecule has 0 radical (unpaired) electrons. The molecule has 4 heteroatoms. The van der Waals surface area contributed by atoms with Crippen LogP contribution in [0, 0.1) is 0 Å². The Hall–Kier alpha value is -0.870. The molecule has 1 N–H and O–H groups in total. The summed E-state index contributed by atoms with van der Waals surface area (Å²) in [4.78, 5) is 1.20. The fourth-order valence-corrected chi connectivity index (χ4v) is 4.06. The molecule has 0 amide bonds. The van der Waals surface area contributed by atoms with E-state index in [1.54, 1.807) is 11.3 Å². The van der Waals surface area contributed by atoms with Crippen molar-refractivity contribution in [1.82, 2.24) is 5.32 Å². The first-order chi connectivity index (χ1) is 9.74. The zero-order valence-electron chi connectivity index (χ0n) is 10.7. The van der Waals surface area contributed by atoms with Crippen molar-refractivity contribution in [2.45, 2.75) is 13.1 Å². The molecule has 20 heavy (non-hydrogen) atoms. The van der Waals surface area contributed by atoms with Crippen molar-refractivity contribution in [1.29, 1.82) is 0 Å². The maximum atomic E-state index is 6.43. The molecule has 2 aromatic carbocycles. The zero-order valence-corrected chi connectivity index (χ0v) is 13.9. The van der Waals surface area contributed by atoms with Gasteiger partial charge in [-0.2, -0.15) is 0 Å². The molecule has 0 unspecified atom stereocenters. The molecule has 0 aliphatic rings. The van der Waals surface area contributed by atoms with E-state index in [1.165, 1.54) is 15.1 Å². The molecule has 1 aromatic heterocycles. The predicted octanol–water partition coefficient (Wildman–Crippen LogP) is 5.61. The molecule has 0 saturated carbocycles. The molecule has 0 atom stereocenters.